The van der Waals surface area contributed by atoms with Gasteiger partial charge in [-0.25, -0.2) is 4.98 Å². The first-order chi connectivity index (χ1) is 11.4. The summed E-state index contributed by atoms with van der Waals surface area (Å²) in [7, 11) is 0. The minimum Gasteiger partial charge on any atom is -0.384 e. The van der Waals surface area contributed by atoms with Crippen molar-refractivity contribution in [2.45, 2.75) is 38.9 Å². The molecule has 6 heteroatoms. The van der Waals surface area contributed by atoms with Gasteiger partial charge in [0, 0.05) is 12.0 Å². The molecule has 5 nitrogen and oxygen atoms in total. The molecule has 2 aromatic rings. The predicted molar refractivity (Wildman–Crippen MR) is 94.9 cm³/mol. The third-order valence-electron chi connectivity index (χ3n) is 3.70. The molecule has 130 valence electrons. The van der Waals surface area contributed by atoms with E-state index in [2.05, 4.69) is 10.3 Å². The van der Waals surface area contributed by atoms with Crippen LogP contribution >= 0.6 is 11.3 Å². The maximum atomic E-state index is 12.1. The van der Waals surface area contributed by atoms with Gasteiger partial charge in [-0.1, -0.05) is 30.3 Å². The fraction of sp³-hybridized carbons (Fsp3) is 0.444. The standard InChI is InChI=1S/C18H24N2O3S/c1-4-23-13(2)17-20-15(11-24-17)10-16(21)19-12-18(3,22)14-8-6-5-7-9-14/h5-9,11,13,22H,4,10,12H2,1-3H3,(H,19,21). The Labute approximate surface area is 146 Å². The highest BCUT2D eigenvalue weighted by Crippen LogP contribution is 2.22. The number of aromatic nitrogens is 1. The van der Waals surface area contributed by atoms with Crippen molar-refractivity contribution < 1.29 is 14.6 Å². The Morgan fingerprint density at radius 3 is 2.79 bits per heavy atom. The predicted octanol–water partition coefficient (Wildman–Crippen LogP) is 2.81. The normalized spacial score (nSPS) is 14.8. The van der Waals surface area contributed by atoms with Gasteiger partial charge in [0.15, 0.2) is 0 Å². The van der Waals surface area contributed by atoms with E-state index in [9.17, 15) is 9.90 Å². The van der Waals surface area contributed by atoms with Gasteiger partial charge in [-0.05, 0) is 26.3 Å². The van der Waals surface area contributed by atoms with Crippen LogP contribution in [-0.4, -0.2) is 29.1 Å². The van der Waals surface area contributed by atoms with Crippen LogP contribution in [0.15, 0.2) is 35.7 Å². The Bertz CT molecular complexity index is 655. The number of carbonyl (C=O) groups is 1. The van der Waals surface area contributed by atoms with Crippen LogP contribution in [0, 0.1) is 0 Å². The van der Waals surface area contributed by atoms with E-state index in [1.54, 1.807) is 6.92 Å². The summed E-state index contributed by atoms with van der Waals surface area (Å²) in [4.78, 5) is 16.5. The number of hydrogen-bond acceptors (Lipinski definition) is 5. The third-order valence-corrected chi connectivity index (χ3v) is 4.76. The van der Waals surface area contributed by atoms with Crippen molar-refractivity contribution in [3.63, 3.8) is 0 Å². The number of nitrogens with zero attached hydrogens (tertiary/aromatic N) is 1. The highest BCUT2D eigenvalue weighted by atomic mass is 32.1. The average Bonchev–Trinajstić information content (AvgIpc) is 3.03. The largest absolute Gasteiger partial charge is 0.384 e. The van der Waals surface area contributed by atoms with E-state index in [0.29, 0.717) is 6.61 Å². The van der Waals surface area contributed by atoms with Crippen molar-refractivity contribution in [2.75, 3.05) is 13.2 Å². The molecule has 0 radical (unpaired) electrons. The van der Waals surface area contributed by atoms with Gasteiger partial charge >= 0.3 is 0 Å². The topological polar surface area (TPSA) is 71.5 Å². The number of amides is 1. The van der Waals surface area contributed by atoms with Crippen LogP contribution in [0.4, 0.5) is 0 Å². The van der Waals surface area contributed by atoms with Crippen molar-refractivity contribution >= 4 is 17.2 Å². The van der Waals surface area contributed by atoms with Crippen molar-refractivity contribution in [3.8, 4) is 0 Å². The highest BCUT2D eigenvalue weighted by molar-refractivity contribution is 7.09. The lowest BCUT2D eigenvalue weighted by atomic mass is 9.96. The zero-order valence-electron chi connectivity index (χ0n) is 14.3. The van der Waals surface area contributed by atoms with Gasteiger partial charge in [-0.2, -0.15) is 0 Å². The molecule has 0 saturated heterocycles. The van der Waals surface area contributed by atoms with E-state index >= 15 is 0 Å². The summed E-state index contributed by atoms with van der Waals surface area (Å²) in [5.74, 6) is -0.160. The summed E-state index contributed by atoms with van der Waals surface area (Å²) in [6.07, 6.45) is 0.135. The van der Waals surface area contributed by atoms with Gasteiger partial charge < -0.3 is 15.2 Å². The Balaban J connectivity index is 1.87. The molecule has 0 aliphatic rings. The van der Waals surface area contributed by atoms with Crippen molar-refractivity contribution in [3.05, 3.63) is 52.0 Å². The lowest BCUT2D eigenvalue weighted by molar-refractivity contribution is -0.121. The molecule has 0 spiro atoms. The average molecular weight is 348 g/mol. The van der Waals surface area contributed by atoms with Gasteiger partial charge in [-0.15, -0.1) is 11.3 Å². The lowest BCUT2D eigenvalue weighted by Crippen LogP contribution is -2.39. The Morgan fingerprint density at radius 2 is 2.12 bits per heavy atom. The third kappa shape index (κ3) is 5.12. The molecule has 0 bridgehead atoms. The maximum Gasteiger partial charge on any atom is 0.226 e. The van der Waals surface area contributed by atoms with E-state index < -0.39 is 5.60 Å². The van der Waals surface area contributed by atoms with Crippen LogP contribution in [0.3, 0.4) is 0 Å². The van der Waals surface area contributed by atoms with E-state index in [4.69, 9.17) is 4.74 Å². The van der Waals surface area contributed by atoms with Crippen LogP contribution in [0.5, 0.6) is 0 Å². The fourth-order valence-corrected chi connectivity index (χ4v) is 3.13. The van der Waals surface area contributed by atoms with Crippen LogP contribution < -0.4 is 5.32 Å². The Kier molecular flexibility index (Phi) is 6.48. The first-order valence-corrected chi connectivity index (χ1v) is 8.91. The molecular weight excluding hydrogens is 324 g/mol. The SMILES string of the molecule is CCOC(C)c1nc(CC(=O)NCC(C)(O)c2ccccc2)cs1. The van der Waals surface area contributed by atoms with Gasteiger partial charge in [0.05, 0.1) is 18.7 Å². The number of benzene rings is 1. The number of thiazole rings is 1. The van der Waals surface area contributed by atoms with Gasteiger partial charge in [0.1, 0.15) is 16.7 Å². The highest BCUT2D eigenvalue weighted by Gasteiger charge is 2.23. The van der Waals surface area contributed by atoms with Crippen LogP contribution in [0.1, 0.15) is 43.1 Å². The number of nitrogens with one attached hydrogen (secondary N) is 1. The molecule has 2 N–H and O–H groups in total. The molecule has 1 heterocycles. The zero-order chi connectivity index (χ0) is 17.6. The monoisotopic (exact) mass is 348 g/mol. The van der Waals surface area contributed by atoms with E-state index in [1.807, 2.05) is 49.6 Å². The minimum absolute atomic E-state index is 0.0596. The molecule has 1 amide bonds. The first kappa shape index (κ1) is 18.6. The number of hydrogen-bond donors (Lipinski definition) is 2. The molecule has 0 fully saturated rings. The second-order valence-electron chi connectivity index (χ2n) is 5.87. The van der Waals surface area contributed by atoms with Crippen LogP contribution in [0.2, 0.25) is 0 Å². The van der Waals surface area contributed by atoms with Gasteiger partial charge in [0.25, 0.3) is 0 Å². The molecule has 0 aliphatic carbocycles. The lowest BCUT2D eigenvalue weighted by Gasteiger charge is -2.24. The van der Waals surface area contributed by atoms with Crippen molar-refractivity contribution in [2.24, 2.45) is 0 Å². The second-order valence-corrected chi connectivity index (χ2v) is 6.76. The molecule has 2 rings (SSSR count). The molecule has 1 aromatic carbocycles. The summed E-state index contributed by atoms with van der Waals surface area (Å²) < 4.78 is 5.50. The smallest absolute Gasteiger partial charge is 0.226 e. The molecule has 24 heavy (non-hydrogen) atoms. The number of ether oxygens (including phenoxy) is 1. The van der Waals surface area contributed by atoms with Crippen molar-refractivity contribution in [1.29, 1.82) is 0 Å². The Hall–Kier alpha value is -1.76. The summed E-state index contributed by atoms with van der Waals surface area (Å²) in [6.45, 7) is 6.36. The quantitative estimate of drug-likeness (QED) is 0.769. The van der Waals surface area contributed by atoms with Gasteiger partial charge in [-0.3, -0.25) is 4.79 Å². The van der Waals surface area contributed by atoms with E-state index in [1.165, 1.54) is 11.3 Å². The molecular formula is C18H24N2O3S. The first-order valence-electron chi connectivity index (χ1n) is 8.03. The second kappa shape index (κ2) is 8.37. The molecule has 0 aliphatic heterocycles. The van der Waals surface area contributed by atoms with Gasteiger partial charge in [0.2, 0.25) is 5.91 Å². The van der Waals surface area contributed by atoms with E-state index in [0.717, 1.165) is 16.3 Å². The van der Waals surface area contributed by atoms with Crippen molar-refractivity contribution in [1.82, 2.24) is 10.3 Å². The summed E-state index contributed by atoms with van der Waals surface area (Å²) in [6, 6.07) is 9.30. The molecule has 2 unspecified atom stereocenters. The molecule has 2 atom stereocenters. The number of aliphatic hydroxyl groups is 1. The minimum atomic E-state index is -1.10. The van der Waals surface area contributed by atoms with E-state index in [-0.39, 0.29) is 25.0 Å². The van der Waals surface area contributed by atoms with Crippen LogP contribution in [0.25, 0.3) is 0 Å². The summed E-state index contributed by atoms with van der Waals surface area (Å²) >= 11 is 1.49. The molecule has 0 saturated carbocycles. The Morgan fingerprint density at radius 1 is 1.42 bits per heavy atom. The fourth-order valence-electron chi connectivity index (χ4n) is 2.31. The number of rotatable bonds is 8. The maximum absolute atomic E-state index is 12.1. The number of carbonyl (C=O) groups excluding carboxylic acids is 1. The molecule has 1 aromatic heterocycles. The summed E-state index contributed by atoms with van der Waals surface area (Å²) in [5, 5.41) is 16.0. The van der Waals surface area contributed by atoms with Crippen LogP contribution in [-0.2, 0) is 21.6 Å². The summed E-state index contributed by atoms with van der Waals surface area (Å²) in [5.41, 5.74) is 0.387. The zero-order valence-corrected chi connectivity index (χ0v) is 15.1.